The quantitative estimate of drug-likeness (QED) is 0.511. The molecule has 98 valence electrons. The molecule has 0 aromatic heterocycles. The second kappa shape index (κ2) is 4.76. The third-order valence-electron chi connectivity index (χ3n) is 3.23. The summed E-state index contributed by atoms with van der Waals surface area (Å²) in [5, 5.41) is 3.94. The molecule has 2 aliphatic rings. The average molecular weight is 258 g/mol. The number of rotatable bonds is 3. The Hall–Kier alpha value is -2.30. The van der Waals surface area contributed by atoms with E-state index in [4.69, 9.17) is 9.47 Å². The maximum Gasteiger partial charge on any atom is 0.243 e. The first-order valence-corrected chi connectivity index (χ1v) is 6.11. The van der Waals surface area contributed by atoms with Crippen LogP contribution in [-0.4, -0.2) is 18.9 Å². The summed E-state index contributed by atoms with van der Waals surface area (Å²) in [4.78, 5) is 11.6. The van der Waals surface area contributed by atoms with Crippen LogP contribution in [0, 0.1) is 5.92 Å². The second-order valence-corrected chi connectivity index (χ2v) is 4.70. The van der Waals surface area contributed by atoms with Gasteiger partial charge in [-0.15, -0.1) is 0 Å². The maximum atomic E-state index is 11.6. The van der Waals surface area contributed by atoms with Gasteiger partial charge in [-0.25, -0.2) is 5.43 Å². The molecule has 5 nitrogen and oxygen atoms in total. The fraction of sp³-hybridized carbons (Fsp3) is 0.286. The molecular formula is C14H14N2O3. The third-order valence-corrected chi connectivity index (χ3v) is 3.23. The third kappa shape index (κ3) is 2.45. The van der Waals surface area contributed by atoms with Crippen LogP contribution < -0.4 is 14.9 Å². The van der Waals surface area contributed by atoms with Crippen molar-refractivity contribution in [2.75, 3.05) is 6.79 Å². The van der Waals surface area contributed by atoms with Crippen molar-refractivity contribution in [1.29, 1.82) is 0 Å². The van der Waals surface area contributed by atoms with Crippen LogP contribution >= 0.6 is 0 Å². The van der Waals surface area contributed by atoms with Crippen molar-refractivity contribution in [3.8, 4) is 11.5 Å². The molecule has 1 N–H and O–H groups in total. The topological polar surface area (TPSA) is 59.9 Å². The van der Waals surface area contributed by atoms with E-state index in [1.807, 2.05) is 18.2 Å². The standard InChI is InChI=1S/C14H14N2O3/c1-9-4-11(5-9)14(17)16-15-7-10-2-3-12-13(6-10)19-8-18-12/h2-3,6-7,11H,1,4-5,8H2,(H,16,17)/b15-7-. The lowest BCUT2D eigenvalue weighted by atomic mass is 9.81. The van der Waals surface area contributed by atoms with Crippen molar-refractivity contribution >= 4 is 12.1 Å². The van der Waals surface area contributed by atoms with E-state index in [0.717, 1.165) is 29.7 Å². The SMILES string of the molecule is C=C1CC(C(=O)N/N=C\c2ccc3c(c2)OCO3)C1. The largest absolute Gasteiger partial charge is 0.454 e. The molecule has 1 aliphatic heterocycles. The second-order valence-electron chi connectivity index (χ2n) is 4.70. The Morgan fingerprint density at radius 2 is 2.16 bits per heavy atom. The van der Waals surface area contributed by atoms with E-state index in [9.17, 15) is 4.79 Å². The maximum absolute atomic E-state index is 11.6. The van der Waals surface area contributed by atoms with Gasteiger partial charge >= 0.3 is 0 Å². The zero-order valence-corrected chi connectivity index (χ0v) is 10.4. The predicted molar refractivity (Wildman–Crippen MR) is 70.2 cm³/mol. The number of hydrogen-bond acceptors (Lipinski definition) is 4. The molecule has 1 fully saturated rings. The smallest absolute Gasteiger partial charge is 0.243 e. The lowest BCUT2D eigenvalue weighted by molar-refractivity contribution is -0.126. The van der Waals surface area contributed by atoms with Gasteiger partial charge in [0.05, 0.1) is 6.21 Å². The Balaban J connectivity index is 1.57. The van der Waals surface area contributed by atoms with Crippen LogP contribution in [-0.2, 0) is 4.79 Å². The lowest BCUT2D eigenvalue weighted by Crippen LogP contribution is -2.32. The number of hydrogen-bond donors (Lipinski definition) is 1. The van der Waals surface area contributed by atoms with E-state index in [-0.39, 0.29) is 18.6 Å². The van der Waals surface area contributed by atoms with Gasteiger partial charge in [0.15, 0.2) is 11.5 Å². The van der Waals surface area contributed by atoms with Crippen LogP contribution in [0.15, 0.2) is 35.5 Å². The Bertz CT molecular complexity index is 558. The first-order valence-electron chi connectivity index (χ1n) is 6.11. The molecule has 5 heteroatoms. The van der Waals surface area contributed by atoms with Crippen molar-refractivity contribution in [2.24, 2.45) is 11.0 Å². The van der Waals surface area contributed by atoms with Gasteiger partial charge in [-0.3, -0.25) is 4.79 Å². The number of carbonyl (C=O) groups excluding carboxylic acids is 1. The molecule has 0 unspecified atom stereocenters. The minimum Gasteiger partial charge on any atom is -0.454 e. The van der Waals surface area contributed by atoms with Crippen molar-refractivity contribution in [1.82, 2.24) is 5.43 Å². The molecule has 1 heterocycles. The molecule has 1 aliphatic carbocycles. The summed E-state index contributed by atoms with van der Waals surface area (Å²) in [6.45, 7) is 4.06. The van der Waals surface area contributed by atoms with E-state index in [0.29, 0.717) is 5.75 Å². The Labute approximate surface area is 110 Å². The van der Waals surface area contributed by atoms with Crippen LogP contribution in [0.3, 0.4) is 0 Å². The fourth-order valence-electron chi connectivity index (χ4n) is 2.08. The molecule has 3 rings (SSSR count). The molecule has 0 radical (unpaired) electrons. The van der Waals surface area contributed by atoms with E-state index in [2.05, 4.69) is 17.1 Å². The number of carbonyl (C=O) groups is 1. The van der Waals surface area contributed by atoms with Gasteiger partial charge < -0.3 is 9.47 Å². The summed E-state index contributed by atoms with van der Waals surface area (Å²) in [6, 6.07) is 5.50. The van der Waals surface area contributed by atoms with Crippen LogP contribution in [0.5, 0.6) is 11.5 Å². The average Bonchev–Trinajstić information content (AvgIpc) is 2.82. The molecule has 0 bridgehead atoms. The van der Waals surface area contributed by atoms with Gasteiger partial charge in [0.2, 0.25) is 12.7 Å². The minimum atomic E-state index is -0.0515. The van der Waals surface area contributed by atoms with Gasteiger partial charge in [-0.2, -0.15) is 5.10 Å². The molecule has 0 spiro atoms. The normalized spacial score (nSPS) is 17.6. The molecule has 1 aromatic carbocycles. The molecule has 0 atom stereocenters. The summed E-state index contributed by atoms with van der Waals surface area (Å²) in [5.41, 5.74) is 4.51. The zero-order valence-electron chi connectivity index (χ0n) is 10.4. The summed E-state index contributed by atoms with van der Waals surface area (Å²) in [7, 11) is 0. The molecule has 19 heavy (non-hydrogen) atoms. The molecule has 1 amide bonds. The van der Waals surface area contributed by atoms with Gasteiger partial charge in [-0.1, -0.05) is 12.2 Å². The molecule has 0 saturated heterocycles. The minimum absolute atomic E-state index is 0.0291. The van der Waals surface area contributed by atoms with Crippen molar-refractivity contribution in [3.05, 3.63) is 35.9 Å². The monoisotopic (exact) mass is 258 g/mol. The number of benzene rings is 1. The summed E-state index contributed by atoms with van der Waals surface area (Å²) < 4.78 is 10.5. The number of amides is 1. The van der Waals surface area contributed by atoms with E-state index >= 15 is 0 Å². The molecule has 1 aromatic rings. The van der Waals surface area contributed by atoms with Crippen LogP contribution in [0.1, 0.15) is 18.4 Å². The number of nitrogens with zero attached hydrogens (tertiary/aromatic N) is 1. The summed E-state index contributed by atoms with van der Waals surface area (Å²) >= 11 is 0. The molecular weight excluding hydrogens is 244 g/mol. The van der Waals surface area contributed by atoms with Crippen LogP contribution in [0.2, 0.25) is 0 Å². The van der Waals surface area contributed by atoms with Gasteiger partial charge in [-0.05, 0) is 36.6 Å². The number of ether oxygens (including phenoxy) is 2. The predicted octanol–water partition coefficient (Wildman–Crippen LogP) is 1.83. The van der Waals surface area contributed by atoms with Crippen LogP contribution in [0.4, 0.5) is 0 Å². The van der Waals surface area contributed by atoms with Gasteiger partial charge in [0.25, 0.3) is 0 Å². The zero-order chi connectivity index (χ0) is 13.2. The van der Waals surface area contributed by atoms with Gasteiger partial charge in [0, 0.05) is 5.92 Å². The number of hydrazone groups is 1. The molecule has 1 saturated carbocycles. The lowest BCUT2D eigenvalue weighted by Gasteiger charge is -2.25. The Morgan fingerprint density at radius 3 is 2.95 bits per heavy atom. The summed E-state index contributed by atoms with van der Waals surface area (Å²) in [6.07, 6.45) is 3.13. The number of allylic oxidation sites excluding steroid dienone is 1. The van der Waals surface area contributed by atoms with Crippen LogP contribution in [0.25, 0.3) is 0 Å². The van der Waals surface area contributed by atoms with Crippen molar-refractivity contribution < 1.29 is 14.3 Å². The highest BCUT2D eigenvalue weighted by molar-refractivity contribution is 5.84. The highest BCUT2D eigenvalue weighted by atomic mass is 16.7. The first kappa shape index (κ1) is 11.8. The van der Waals surface area contributed by atoms with E-state index in [1.54, 1.807) is 6.21 Å². The number of nitrogens with one attached hydrogen (secondary N) is 1. The Kier molecular flexibility index (Phi) is 2.95. The Morgan fingerprint density at radius 1 is 1.37 bits per heavy atom. The number of fused-ring (bicyclic) bond motifs is 1. The first-order chi connectivity index (χ1) is 9.22. The van der Waals surface area contributed by atoms with Crippen molar-refractivity contribution in [3.63, 3.8) is 0 Å². The van der Waals surface area contributed by atoms with Crippen molar-refractivity contribution in [2.45, 2.75) is 12.8 Å². The van der Waals surface area contributed by atoms with E-state index < -0.39 is 0 Å². The highest BCUT2D eigenvalue weighted by Gasteiger charge is 2.28. The summed E-state index contributed by atoms with van der Waals surface area (Å²) in [5.74, 6) is 1.41. The highest BCUT2D eigenvalue weighted by Crippen LogP contribution is 2.32. The van der Waals surface area contributed by atoms with E-state index in [1.165, 1.54) is 0 Å². The fourth-order valence-corrected chi connectivity index (χ4v) is 2.08. The van der Waals surface area contributed by atoms with Gasteiger partial charge in [0.1, 0.15) is 0 Å².